The molecule has 27 heavy (non-hydrogen) atoms. The Bertz CT molecular complexity index is 873. The van der Waals surface area contributed by atoms with E-state index in [1.165, 1.54) is 16.5 Å². The van der Waals surface area contributed by atoms with Gasteiger partial charge in [0.15, 0.2) is 0 Å². The average molecular weight is 385 g/mol. The van der Waals surface area contributed by atoms with Gasteiger partial charge in [-0.3, -0.25) is 14.9 Å². The number of carbonyl (C=O) groups is 1. The first-order valence-corrected chi connectivity index (χ1v) is 10.4. The second-order valence-corrected chi connectivity index (χ2v) is 8.13. The van der Waals surface area contributed by atoms with Gasteiger partial charge in [-0.2, -0.15) is 0 Å². The monoisotopic (exact) mass is 385 g/mol. The summed E-state index contributed by atoms with van der Waals surface area (Å²) in [5.74, 6) is -0.116. The highest BCUT2D eigenvalue weighted by Crippen LogP contribution is 2.37. The standard InChI is InChI=1S/C20H23N3O3S/c1-2-16-15-8-12-27-19(15)7-11-22(16)20(24)14-5-6-17(18(13-14)23(25)26)21-9-3-4-10-21/h5-6,8,12-13,16H,2-4,7,9-11H2,1H3. The number of anilines is 1. The van der Waals surface area contributed by atoms with Crippen molar-refractivity contribution in [3.8, 4) is 0 Å². The van der Waals surface area contributed by atoms with Crippen molar-refractivity contribution in [3.05, 3.63) is 55.8 Å². The lowest BCUT2D eigenvalue weighted by Gasteiger charge is -2.35. The van der Waals surface area contributed by atoms with Crippen LogP contribution in [-0.2, 0) is 6.42 Å². The number of thiophene rings is 1. The van der Waals surface area contributed by atoms with E-state index >= 15 is 0 Å². The molecule has 0 bridgehead atoms. The molecule has 2 aliphatic rings. The molecule has 1 unspecified atom stereocenters. The Morgan fingerprint density at radius 1 is 1.26 bits per heavy atom. The molecular formula is C20H23N3O3S. The lowest BCUT2D eigenvalue weighted by Crippen LogP contribution is -2.39. The topological polar surface area (TPSA) is 66.7 Å². The highest BCUT2D eigenvalue weighted by atomic mass is 32.1. The molecule has 1 amide bonds. The second-order valence-electron chi connectivity index (χ2n) is 7.13. The molecule has 2 aromatic rings. The highest BCUT2D eigenvalue weighted by molar-refractivity contribution is 7.10. The number of nitrogens with zero attached hydrogens (tertiary/aromatic N) is 3. The smallest absolute Gasteiger partial charge is 0.293 e. The van der Waals surface area contributed by atoms with E-state index in [0.29, 0.717) is 17.8 Å². The van der Waals surface area contributed by atoms with E-state index in [4.69, 9.17) is 0 Å². The van der Waals surface area contributed by atoms with E-state index in [2.05, 4.69) is 18.4 Å². The van der Waals surface area contributed by atoms with Crippen LogP contribution in [0.4, 0.5) is 11.4 Å². The minimum absolute atomic E-state index is 0.0315. The number of nitro groups is 1. The van der Waals surface area contributed by atoms with Gasteiger partial charge in [-0.1, -0.05) is 6.92 Å². The molecule has 4 rings (SSSR count). The normalized spacial score (nSPS) is 19.2. The lowest BCUT2D eigenvalue weighted by atomic mass is 9.96. The summed E-state index contributed by atoms with van der Waals surface area (Å²) in [5, 5.41) is 13.7. The van der Waals surface area contributed by atoms with Crippen LogP contribution in [0.5, 0.6) is 0 Å². The fourth-order valence-corrected chi connectivity index (χ4v) is 5.20. The maximum Gasteiger partial charge on any atom is 0.293 e. The van der Waals surface area contributed by atoms with Gasteiger partial charge in [-0.05, 0) is 54.8 Å². The van der Waals surface area contributed by atoms with Gasteiger partial charge >= 0.3 is 0 Å². The van der Waals surface area contributed by atoms with E-state index in [9.17, 15) is 14.9 Å². The van der Waals surface area contributed by atoms with Crippen molar-refractivity contribution in [1.29, 1.82) is 0 Å². The Labute approximate surface area is 162 Å². The Kier molecular flexibility index (Phi) is 4.86. The van der Waals surface area contributed by atoms with Crippen molar-refractivity contribution in [1.82, 2.24) is 4.90 Å². The Balaban J connectivity index is 1.66. The van der Waals surface area contributed by atoms with Crippen molar-refractivity contribution in [3.63, 3.8) is 0 Å². The maximum atomic E-state index is 13.2. The number of fused-ring (bicyclic) bond motifs is 1. The van der Waals surface area contributed by atoms with Gasteiger partial charge in [0.05, 0.1) is 11.0 Å². The van der Waals surface area contributed by atoms with Crippen molar-refractivity contribution in [2.24, 2.45) is 0 Å². The molecule has 0 aliphatic carbocycles. The van der Waals surface area contributed by atoms with Crippen LogP contribution >= 0.6 is 11.3 Å². The van der Waals surface area contributed by atoms with E-state index in [1.54, 1.807) is 23.5 Å². The Hall–Kier alpha value is -2.41. The molecule has 2 aliphatic heterocycles. The fourth-order valence-electron chi connectivity index (χ4n) is 4.27. The molecule has 0 N–H and O–H groups in total. The minimum atomic E-state index is -0.366. The second kappa shape index (κ2) is 7.31. The van der Waals surface area contributed by atoms with Crippen molar-refractivity contribution >= 4 is 28.6 Å². The molecule has 1 atom stereocenters. The number of rotatable bonds is 4. The summed E-state index contributed by atoms with van der Waals surface area (Å²) in [6.45, 7) is 4.40. The van der Waals surface area contributed by atoms with Gasteiger partial charge in [0.2, 0.25) is 0 Å². The molecule has 0 saturated carbocycles. The largest absolute Gasteiger partial charge is 0.366 e. The summed E-state index contributed by atoms with van der Waals surface area (Å²) in [7, 11) is 0. The Morgan fingerprint density at radius 3 is 2.74 bits per heavy atom. The first kappa shape index (κ1) is 18.0. The summed E-state index contributed by atoms with van der Waals surface area (Å²) in [4.78, 5) is 29.7. The minimum Gasteiger partial charge on any atom is -0.366 e. The quantitative estimate of drug-likeness (QED) is 0.578. The van der Waals surface area contributed by atoms with Gasteiger partial charge in [0.25, 0.3) is 11.6 Å². The summed E-state index contributed by atoms with van der Waals surface area (Å²) in [6, 6.07) is 7.11. The fraction of sp³-hybridized carbons (Fsp3) is 0.450. The first-order chi connectivity index (χ1) is 13.1. The van der Waals surface area contributed by atoms with Crippen molar-refractivity contribution in [2.45, 2.75) is 38.6 Å². The van der Waals surface area contributed by atoms with Crippen LogP contribution in [0, 0.1) is 10.1 Å². The highest BCUT2D eigenvalue weighted by Gasteiger charge is 2.32. The summed E-state index contributed by atoms with van der Waals surface area (Å²) in [5.41, 5.74) is 2.29. The number of carbonyl (C=O) groups excluding carboxylic acids is 1. The van der Waals surface area contributed by atoms with E-state index in [0.717, 1.165) is 38.8 Å². The van der Waals surface area contributed by atoms with Crippen LogP contribution in [0.1, 0.15) is 53.0 Å². The first-order valence-electron chi connectivity index (χ1n) is 9.50. The molecule has 1 fully saturated rings. The third-order valence-electron chi connectivity index (χ3n) is 5.61. The molecule has 1 aromatic carbocycles. The zero-order valence-electron chi connectivity index (χ0n) is 15.4. The van der Waals surface area contributed by atoms with E-state index in [1.807, 2.05) is 9.80 Å². The van der Waals surface area contributed by atoms with Crippen LogP contribution in [0.25, 0.3) is 0 Å². The molecule has 142 valence electrons. The molecule has 0 spiro atoms. The van der Waals surface area contributed by atoms with Crippen LogP contribution in [0.3, 0.4) is 0 Å². The number of hydrogen-bond acceptors (Lipinski definition) is 5. The van der Waals surface area contributed by atoms with Crippen molar-refractivity contribution < 1.29 is 9.72 Å². The zero-order chi connectivity index (χ0) is 19.0. The van der Waals surface area contributed by atoms with Crippen LogP contribution in [-0.4, -0.2) is 35.4 Å². The maximum absolute atomic E-state index is 13.2. The number of hydrogen-bond donors (Lipinski definition) is 0. The SMILES string of the molecule is CCC1c2ccsc2CCN1C(=O)c1ccc(N2CCCC2)c([N+](=O)[O-])c1. The number of amides is 1. The summed E-state index contributed by atoms with van der Waals surface area (Å²) >= 11 is 1.74. The molecular weight excluding hydrogens is 362 g/mol. The number of benzene rings is 1. The molecule has 1 aromatic heterocycles. The molecule has 6 nitrogen and oxygen atoms in total. The van der Waals surface area contributed by atoms with Gasteiger partial charge in [0.1, 0.15) is 5.69 Å². The van der Waals surface area contributed by atoms with Crippen LogP contribution in [0.15, 0.2) is 29.6 Å². The summed E-state index contributed by atoms with van der Waals surface area (Å²) < 4.78 is 0. The van der Waals surface area contributed by atoms with Gasteiger partial charge in [-0.25, -0.2) is 0 Å². The molecule has 0 radical (unpaired) electrons. The van der Waals surface area contributed by atoms with Gasteiger partial charge in [0, 0.05) is 36.1 Å². The third kappa shape index (κ3) is 3.20. The molecule has 1 saturated heterocycles. The van der Waals surface area contributed by atoms with Gasteiger partial charge < -0.3 is 9.80 Å². The zero-order valence-corrected chi connectivity index (χ0v) is 16.2. The van der Waals surface area contributed by atoms with Crippen molar-refractivity contribution in [2.75, 3.05) is 24.5 Å². The predicted octanol–water partition coefficient (Wildman–Crippen LogP) is 4.41. The average Bonchev–Trinajstić information content (AvgIpc) is 3.37. The Morgan fingerprint density at radius 2 is 2.04 bits per heavy atom. The van der Waals surface area contributed by atoms with E-state index < -0.39 is 0 Å². The number of nitro benzene ring substituents is 1. The molecule has 7 heteroatoms. The van der Waals surface area contributed by atoms with E-state index in [-0.39, 0.29) is 22.6 Å². The van der Waals surface area contributed by atoms with Gasteiger partial charge in [-0.15, -0.1) is 11.3 Å². The molecule has 3 heterocycles. The summed E-state index contributed by atoms with van der Waals surface area (Å²) in [6.07, 6.45) is 3.78. The third-order valence-corrected chi connectivity index (χ3v) is 6.60. The van der Waals surface area contributed by atoms with Crippen LogP contribution in [0.2, 0.25) is 0 Å². The van der Waals surface area contributed by atoms with Crippen LogP contribution < -0.4 is 4.90 Å². The predicted molar refractivity (Wildman–Crippen MR) is 107 cm³/mol. The lowest BCUT2D eigenvalue weighted by molar-refractivity contribution is -0.384.